The van der Waals surface area contributed by atoms with E-state index in [1.165, 1.54) is 18.0 Å². The number of aromatic nitrogens is 4. The van der Waals surface area contributed by atoms with Crippen LogP contribution in [0.2, 0.25) is 5.02 Å². The molecular weight excluding hydrogens is 410 g/mol. The molecule has 1 atom stereocenters. The molecule has 0 fully saturated rings. The number of carbonyl (C=O) groups excluding carboxylic acids is 1. The normalized spacial score (nSPS) is 15.6. The molecule has 1 aliphatic heterocycles. The van der Waals surface area contributed by atoms with Crippen molar-refractivity contribution < 1.29 is 4.79 Å². The molecule has 0 radical (unpaired) electrons. The van der Waals surface area contributed by atoms with Gasteiger partial charge in [0.2, 0.25) is 5.91 Å². The molecule has 9 heteroatoms. The van der Waals surface area contributed by atoms with Gasteiger partial charge in [-0.15, -0.1) is 0 Å². The van der Waals surface area contributed by atoms with Gasteiger partial charge in [0.15, 0.2) is 10.8 Å². The minimum Gasteiger partial charge on any atom is -0.356 e. The predicted molar refractivity (Wildman–Crippen MR) is 115 cm³/mol. The van der Waals surface area contributed by atoms with Crippen LogP contribution in [0.1, 0.15) is 38.6 Å². The van der Waals surface area contributed by atoms with Gasteiger partial charge in [0, 0.05) is 23.7 Å². The monoisotopic (exact) mass is 431 g/mol. The van der Waals surface area contributed by atoms with E-state index in [1.807, 2.05) is 12.1 Å². The number of hydrogen-bond donors (Lipinski definition) is 1. The van der Waals surface area contributed by atoms with Gasteiger partial charge >= 0.3 is 0 Å². The molecule has 0 saturated carbocycles. The van der Waals surface area contributed by atoms with E-state index in [0.717, 1.165) is 24.9 Å². The summed E-state index contributed by atoms with van der Waals surface area (Å²) in [5, 5.41) is 8.94. The molecular formula is C20H22ClN5O2S. The number of nitrogens with one attached hydrogen (secondary N) is 1. The van der Waals surface area contributed by atoms with Crippen molar-refractivity contribution in [1.82, 2.24) is 24.6 Å². The van der Waals surface area contributed by atoms with Crippen molar-refractivity contribution in [2.24, 2.45) is 0 Å². The van der Waals surface area contributed by atoms with E-state index in [4.69, 9.17) is 11.6 Å². The van der Waals surface area contributed by atoms with Crippen LogP contribution in [0.5, 0.6) is 0 Å². The zero-order valence-electron chi connectivity index (χ0n) is 16.1. The van der Waals surface area contributed by atoms with Crippen molar-refractivity contribution in [2.45, 2.75) is 43.8 Å². The fourth-order valence-corrected chi connectivity index (χ4v) is 4.78. The lowest BCUT2D eigenvalue weighted by Gasteiger charge is -2.13. The summed E-state index contributed by atoms with van der Waals surface area (Å²) >= 11 is 7.58. The zero-order valence-corrected chi connectivity index (χ0v) is 17.7. The number of amides is 1. The first-order chi connectivity index (χ1) is 14.1. The Hall–Kier alpha value is -2.32. The van der Waals surface area contributed by atoms with Crippen molar-refractivity contribution in [2.75, 3.05) is 12.3 Å². The fourth-order valence-electron chi connectivity index (χ4n) is 3.47. The number of thioether (sulfide) groups is 1. The number of benzene rings is 1. The molecule has 3 heterocycles. The molecule has 2 aromatic heterocycles. The van der Waals surface area contributed by atoms with Crippen LogP contribution in [0.15, 0.2) is 40.4 Å². The van der Waals surface area contributed by atoms with E-state index in [2.05, 4.69) is 22.3 Å². The molecule has 1 amide bonds. The van der Waals surface area contributed by atoms with Crippen LogP contribution in [0.4, 0.5) is 0 Å². The van der Waals surface area contributed by atoms with Crippen molar-refractivity contribution in [1.29, 1.82) is 0 Å². The average Bonchev–Trinajstić information content (AvgIpc) is 3.30. The van der Waals surface area contributed by atoms with Gasteiger partial charge in [-0.3, -0.25) is 14.2 Å². The van der Waals surface area contributed by atoms with Gasteiger partial charge in [0.1, 0.15) is 5.39 Å². The molecule has 4 rings (SSSR count). The summed E-state index contributed by atoms with van der Waals surface area (Å²) < 4.78 is 3.26. The van der Waals surface area contributed by atoms with Crippen LogP contribution < -0.4 is 10.9 Å². The number of rotatable bonds is 7. The summed E-state index contributed by atoms with van der Waals surface area (Å²) in [6.07, 6.45) is 5.00. The Labute approximate surface area is 177 Å². The van der Waals surface area contributed by atoms with Gasteiger partial charge in [-0.25, -0.2) is 9.67 Å². The Kier molecular flexibility index (Phi) is 5.91. The summed E-state index contributed by atoms with van der Waals surface area (Å²) in [7, 11) is 0. The SMILES string of the molecule is CCCCCNC(=O)CC1CSc2nc3c(cnn3-c3cccc(Cl)c3)c(=O)n21. The number of hydrogen-bond acceptors (Lipinski definition) is 5. The Morgan fingerprint density at radius 2 is 2.24 bits per heavy atom. The van der Waals surface area contributed by atoms with E-state index in [0.29, 0.717) is 33.5 Å². The molecule has 29 heavy (non-hydrogen) atoms. The minimum absolute atomic E-state index is 0.0267. The first-order valence-corrected chi connectivity index (χ1v) is 11.1. The number of halogens is 1. The first kappa shape index (κ1) is 20.0. The maximum atomic E-state index is 13.1. The molecule has 7 nitrogen and oxygen atoms in total. The highest BCUT2D eigenvalue weighted by Crippen LogP contribution is 2.33. The van der Waals surface area contributed by atoms with E-state index in [-0.39, 0.29) is 23.9 Å². The molecule has 3 aromatic rings. The zero-order chi connectivity index (χ0) is 20.4. The van der Waals surface area contributed by atoms with Gasteiger partial charge in [-0.05, 0) is 24.6 Å². The summed E-state index contributed by atoms with van der Waals surface area (Å²) in [6, 6.07) is 7.06. The lowest BCUT2D eigenvalue weighted by molar-refractivity contribution is -0.121. The standard InChI is InChI=1S/C20H22ClN5O2S/c1-2-3-4-8-22-17(27)10-15-12-29-20-24-18-16(19(28)25(15)20)11-23-26(18)14-7-5-6-13(21)9-14/h5-7,9,11,15H,2-4,8,10,12H2,1H3,(H,22,27). The Bertz CT molecular complexity index is 1110. The average molecular weight is 432 g/mol. The topological polar surface area (TPSA) is 81.8 Å². The Morgan fingerprint density at radius 1 is 1.38 bits per heavy atom. The lowest BCUT2D eigenvalue weighted by Crippen LogP contribution is -2.31. The van der Waals surface area contributed by atoms with Gasteiger partial charge in [-0.2, -0.15) is 5.10 Å². The lowest BCUT2D eigenvalue weighted by atomic mass is 10.2. The number of nitrogens with zero attached hydrogens (tertiary/aromatic N) is 4. The quantitative estimate of drug-likeness (QED) is 0.456. The van der Waals surface area contributed by atoms with Gasteiger partial charge < -0.3 is 5.32 Å². The Balaban J connectivity index is 1.60. The summed E-state index contributed by atoms with van der Waals surface area (Å²) in [6.45, 7) is 2.81. The predicted octanol–water partition coefficient (Wildman–Crippen LogP) is 3.58. The summed E-state index contributed by atoms with van der Waals surface area (Å²) in [5.41, 5.74) is 1.09. The fraction of sp³-hybridized carbons (Fsp3) is 0.400. The molecule has 1 aromatic carbocycles. The molecule has 1 unspecified atom stereocenters. The molecule has 152 valence electrons. The highest BCUT2D eigenvalue weighted by atomic mass is 35.5. The van der Waals surface area contributed by atoms with Crippen LogP contribution >= 0.6 is 23.4 Å². The maximum absolute atomic E-state index is 13.1. The molecule has 0 spiro atoms. The van der Waals surface area contributed by atoms with Crippen LogP contribution in [-0.2, 0) is 4.79 Å². The number of carbonyl (C=O) groups is 1. The second kappa shape index (κ2) is 8.59. The van der Waals surface area contributed by atoms with Crippen LogP contribution in [0, 0.1) is 0 Å². The van der Waals surface area contributed by atoms with E-state index >= 15 is 0 Å². The maximum Gasteiger partial charge on any atom is 0.265 e. The van der Waals surface area contributed by atoms with Crippen molar-refractivity contribution >= 4 is 40.3 Å². The third-order valence-corrected chi connectivity index (χ3v) is 6.28. The smallest absolute Gasteiger partial charge is 0.265 e. The highest BCUT2D eigenvalue weighted by Gasteiger charge is 2.29. The first-order valence-electron chi connectivity index (χ1n) is 9.74. The van der Waals surface area contributed by atoms with Crippen LogP contribution in [0.3, 0.4) is 0 Å². The van der Waals surface area contributed by atoms with Crippen LogP contribution in [-0.4, -0.2) is 37.5 Å². The molecule has 0 saturated heterocycles. The second-order valence-corrected chi connectivity index (χ2v) is 8.49. The van der Waals surface area contributed by atoms with Crippen molar-refractivity contribution in [3.05, 3.63) is 45.8 Å². The number of unbranched alkanes of at least 4 members (excludes halogenated alkanes) is 2. The molecule has 1 aliphatic rings. The van der Waals surface area contributed by atoms with E-state index in [9.17, 15) is 9.59 Å². The molecule has 0 bridgehead atoms. The Morgan fingerprint density at radius 3 is 3.03 bits per heavy atom. The van der Waals surface area contributed by atoms with Gasteiger partial charge in [0.25, 0.3) is 5.56 Å². The number of fused-ring (bicyclic) bond motifs is 2. The summed E-state index contributed by atoms with van der Waals surface area (Å²) in [4.78, 5) is 30.1. The third-order valence-electron chi connectivity index (χ3n) is 4.95. The van der Waals surface area contributed by atoms with E-state index in [1.54, 1.807) is 21.4 Å². The second-order valence-electron chi connectivity index (χ2n) is 7.07. The van der Waals surface area contributed by atoms with Crippen LogP contribution in [0.25, 0.3) is 16.7 Å². The molecule has 0 aliphatic carbocycles. The minimum atomic E-state index is -0.194. The van der Waals surface area contributed by atoms with E-state index < -0.39 is 0 Å². The summed E-state index contributed by atoms with van der Waals surface area (Å²) in [5.74, 6) is 0.628. The highest BCUT2D eigenvalue weighted by molar-refractivity contribution is 7.99. The molecule has 1 N–H and O–H groups in total. The van der Waals surface area contributed by atoms with Gasteiger partial charge in [0.05, 0.1) is 17.9 Å². The van der Waals surface area contributed by atoms with Gasteiger partial charge in [-0.1, -0.05) is 49.2 Å². The largest absolute Gasteiger partial charge is 0.356 e. The van der Waals surface area contributed by atoms with Crippen molar-refractivity contribution in [3.63, 3.8) is 0 Å². The third kappa shape index (κ3) is 4.04. The van der Waals surface area contributed by atoms with Crippen molar-refractivity contribution in [3.8, 4) is 5.69 Å².